The van der Waals surface area contributed by atoms with Crippen LogP contribution in [-0.2, 0) is 13.1 Å². The number of aryl methyl sites for hydroxylation is 2. The number of nitrogen functional groups attached to an aromatic ring is 1. The van der Waals surface area contributed by atoms with E-state index in [0.717, 1.165) is 36.2 Å². The van der Waals surface area contributed by atoms with E-state index < -0.39 is 0 Å². The molecule has 3 heterocycles. The number of para-hydroxylation sites is 2. The van der Waals surface area contributed by atoms with Crippen molar-refractivity contribution in [2.24, 2.45) is 0 Å². The Balaban J connectivity index is 1.52. The van der Waals surface area contributed by atoms with Crippen LogP contribution in [0.25, 0.3) is 22.2 Å². The highest BCUT2D eigenvalue weighted by Crippen LogP contribution is 2.15. The summed E-state index contributed by atoms with van der Waals surface area (Å²) in [6.45, 7) is 1.71. The van der Waals surface area contributed by atoms with Gasteiger partial charge in [0.1, 0.15) is 11.8 Å². The van der Waals surface area contributed by atoms with Crippen LogP contribution in [0.5, 0.6) is 0 Å². The number of aromatic nitrogens is 6. The first kappa shape index (κ1) is 12.8. The van der Waals surface area contributed by atoms with E-state index in [1.807, 2.05) is 29.1 Å². The van der Waals surface area contributed by atoms with Crippen LogP contribution in [0.15, 0.2) is 43.2 Å². The van der Waals surface area contributed by atoms with Gasteiger partial charge >= 0.3 is 0 Å². The molecule has 1 aromatic carbocycles. The minimum atomic E-state index is 0.421. The lowest BCUT2D eigenvalue weighted by atomic mass is 10.3. The van der Waals surface area contributed by atoms with Gasteiger partial charge in [0.25, 0.3) is 0 Å². The van der Waals surface area contributed by atoms with Gasteiger partial charge < -0.3 is 14.9 Å². The second kappa shape index (κ2) is 5.10. The van der Waals surface area contributed by atoms with Crippen molar-refractivity contribution in [2.75, 3.05) is 5.73 Å². The van der Waals surface area contributed by atoms with E-state index in [2.05, 4.69) is 30.6 Å². The van der Waals surface area contributed by atoms with E-state index in [1.54, 1.807) is 6.33 Å². The Morgan fingerprint density at radius 1 is 0.909 bits per heavy atom. The minimum absolute atomic E-state index is 0.421. The van der Waals surface area contributed by atoms with Crippen molar-refractivity contribution in [3.63, 3.8) is 0 Å². The van der Waals surface area contributed by atoms with Crippen molar-refractivity contribution >= 4 is 28.0 Å². The Morgan fingerprint density at radius 2 is 1.73 bits per heavy atom. The zero-order valence-electron chi connectivity index (χ0n) is 11.9. The van der Waals surface area contributed by atoms with Gasteiger partial charge in [0.15, 0.2) is 11.5 Å². The van der Waals surface area contributed by atoms with Gasteiger partial charge in [-0.2, -0.15) is 0 Å². The maximum Gasteiger partial charge on any atom is 0.165 e. The van der Waals surface area contributed by atoms with E-state index in [1.165, 1.54) is 6.33 Å². The molecule has 0 aliphatic carbocycles. The summed E-state index contributed by atoms with van der Waals surface area (Å²) < 4.78 is 4.17. The molecule has 0 saturated heterocycles. The largest absolute Gasteiger partial charge is 0.382 e. The molecule has 110 valence electrons. The van der Waals surface area contributed by atoms with E-state index in [9.17, 15) is 0 Å². The first-order valence-electron chi connectivity index (χ1n) is 7.14. The first-order chi connectivity index (χ1) is 10.8. The molecule has 4 rings (SSSR count). The van der Waals surface area contributed by atoms with Crippen LogP contribution in [0.2, 0.25) is 0 Å². The smallest absolute Gasteiger partial charge is 0.165 e. The van der Waals surface area contributed by atoms with Crippen LogP contribution >= 0.6 is 0 Å². The highest BCUT2D eigenvalue weighted by atomic mass is 15.1. The maximum atomic E-state index is 5.80. The number of hydrogen-bond donors (Lipinski definition) is 1. The normalized spacial score (nSPS) is 11.5. The molecule has 0 aliphatic heterocycles. The zero-order valence-corrected chi connectivity index (χ0v) is 11.9. The molecule has 22 heavy (non-hydrogen) atoms. The van der Waals surface area contributed by atoms with Crippen LogP contribution in [-0.4, -0.2) is 29.1 Å². The van der Waals surface area contributed by atoms with Gasteiger partial charge in [0.2, 0.25) is 0 Å². The molecule has 0 spiro atoms. The Hall–Kier alpha value is -2.96. The van der Waals surface area contributed by atoms with Gasteiger partial charge in [-0.3, -0.25) is 0 Å². The maximum absolute atomic E-state index is 5.80. The van der Waals surface area contributed by atoms with Gasteiger partial charge in [0, 0.05) is 13.1 Å². The number of imidazole rings is 2. The molecule has 0 bridgehead atoms. The highest BCUT2D eigenvalue weighted by molar-refractivity contribution is 5.81. The number of benzene rings is 1. The third kappa shape index (κ3) is 2.07. The van der Waals surface area contributed by atoms with Crippen molar-refractivity contribution in [3.05, 3.63) is 43.2 Å². The molecule has 0 atom stereocenters. The summed E-state index contributed by atoms with van der Waals surface area (Å²) in [5.41, 5.74) is 9.42. The van der Waals surface area contributed by atoms with Gasteiger partial charge in [-0.25, -0.2) is 19.9 Å². The third-order valence-corrected chi connectivity index (χ3v) is 3.75. The molecule has 7 heteroatoms. The lowest BCUT2D eigenvalue weighted by Crippen LogP contribution is -2.03. The summed E-state index contributed by atoms with van der Waals surface area (Å²) >= 11 is 0. The van der Waals surface area contributed by atoms with Crippen LogP contribution in [0.1, 0.15) is 6.42 Å². The molecule has 0 amide bonds. The fraction of sp³-hybridized carbons (Fsp3) is 0.200. The number of hydrogen-bond acceptors (Lipinski definition) is 5. The van der Waals surface area contributed by atoms with E-state index in [4.69, 9.17) is 5.73 Å². The third-order valence-electron chi connectivity index (χ3n) is 3.75. The van der Waals surface area contributed by atoms with E-state index in [-0.39, 0.29) is 0 Å². The first-order valence-corrected chi connectivity index (χ1v) is 7.14. The number of fused-ring (bicyclic) bond motifs is 2. The number of rotatable bonds is 4. The second-order valence-corrected chi connectivity index (χ2v) is 5.15. The lowest BCUT2D eigenvalue weighted by Gasteiger charge is -2.06. The lowest BCUT2D eigenvalue weighted by molar-refractivity contribution is 0.577. The second-order valence-electron chi connectivity index (χ2n) is 5.15. The number of nitrogens with zero attached hydrogens (tertiary/aromatic N) is 6. The zero-order chi connectivity index (χ0) is 14.9. The molecule has 0 radical (unpaired) electrons. The summed E-state index contributed by atoms with van der Waals surface area (Å²) in [4.78, 5) is 16.9. The summed E-state index contributed by atoms with van der Waals surface area (Å²) in [7, 11) is 0. The predicted molar refractivity (Wildman–Crippen MR) is 84.1 cm³/mol. The Morgan fingerprint density at radius 3 is 2.68 bits per heavy atom. The molecule has 0 aliphatic rings. The Bertz CT molecular complexity index is 937. The van der Waals surface area contributed by atoms with Crippen molar-refractivity contribution in [1.82, 2.24) is 29.1 Å². The van der Waals surface area contributed by atoms with Crippen molar-refractivity contribution in [2.45, 2.75) is 19.5 Å². The molecule has 0 unspecified atom stereocenters. The Labute approximate surface area is 126 Å². The molecule has 0 fully saturated rings. The minimum Gasteiger partial charge on any atom is -0.382 e. The predicted octanol–water partition coefficient (Wildman–Crippen LogP) is 1.85. The Kier molecular flexibility index (Phi) is 2.96. The standard InChI is InChI=1S/C15H15N7/c16-14-13-15(18-8-17-14)22(10-20-13)7-3-6-21-9-19-11-4-1-2-5-12(11)21/h1-2,4-5,8-10H,3,6-7H2,(H2,16,17,18). The SMILES string of the molecule is Nc1ncnc2c1ncn2CCCn1cnc2ccccc21. The summed E-state index contributed by atoms with van der Waals surface area (Å²) in [6.07, 6.45) is 6.08. The average Bonchev–Trinajstić information content (AvgIpc) is 3.13. The number of nitrogens with two attached hydrogens (primary N) is 1. The van der Waals surface area contributed by atoms with Crippen LogP contribution in [0.3, 0.4) is 0 Å². The van der Waals surface area contributed by atoms with E-state index in [0.29, 0.717) is 11.3 Å². The molecule has 0 saturated carbocycles. The van der Waals surface area contributed by atoms with Crippen LogP contribution < -0.4 is 5.73 Å². The van der Waals surface area contributed by atoms with Gasteiger partial charge in [-0.05, 0) is 18.6 Å². The van der Waals surface area contributed by atoms with Crippen LogP contribution in [0, 0.1) is 0 Å². The number of anilines is 1. The summed E-state index contributed by atoms with van der Waals surface area (Å²) in [5, 5.41) is 0. The van der Waals surface area contributed by atoms with E-state index >= 15 is 0 Å². The molecule has 2 N–H and O–H groups in total. The van der Waals surface area contributed by atoms with Crippen molar-refractivity contribution in [3.8, 4) is 0 Å². The molecule has 3 aromatic heterocycles. The van der Waals surface area contributed by atoms with Gasteiger partial charge in [-0.15, -0.1) is 0 Å². The average molecular weight is 293 g/mol. The van der Waals surface area contributed by atoms with Gasteiger partial charge in [-0.1, -0.05) is 12.1 Å². The fourth-order valence-corrected chi connectivity index (χ4v) is 2.66. The van der Waals surface area contributed by atoms with Crippen molar-refractivity contribution in [1.29, 1.82) is 0 Å². The highest BCUT2D eigenvalue weighted by Gasteiger charge is 2.07. The van der Waals surface area contributed by atoms with Crippen molar-refractivity contribution < 1.29 is 0 Å². The molecule has 4 aromatic rings. The summed E-state index contributed by atoms with van der Waals surface area (Å²) in [5.74, 6) is 0.421. The quantitative estimate of drug-likeness (QED) is 0.620. The fourth-order valence-electron chi connectivity index (χ4n) is 2.66. The topological polar surface area (TPSA) is 87.4 Å². The molecule has 7 nitrogen and oxygen atoms in total. The molecular weight excluding hydrogens is 278 g/mol. The molecular formula is C15H15N7. The summed E-state index contributed by atoms with van der Waals surface area (Å²) in [6, 6.07) is 8.14. The van der Waals surface area contributed by atoms with Crippen LogP contribution in [0.4, 0.5) is 5.82 Å². The monoisotopic (exact) mass is 293 g/mol. The van der Waals surface area contributed by atoms with Gasteiger partial charge in [0.05, 0.1) is 23.7 Å².